The number of aliphatic hydroxyl groups excluding tert-OH is 1. The lowest BCUT2D eigenvalue weighted by atomic mass is 10.1. The molecule has 0 aliphatic carbocycles. The number of carboxylic acid groups (broad SMARTS) is 1. The van der Waals surface area contributed by atoms with Gasteiger partial charge in [-0.3, -0.25) is 14.5 Å². The fourth-order valence-corrected chi connectivity index (χ4v) is 3.69. The van der Waals surface area contributed by atoms with Crippen LogP contribution in [0.4, 0.5) is 0 Å². The lowest BCUT2D eigenvalue weighted by molar-refractivity contribution is -0.122. The van der Waals surface area contributed by atoms with Crippen molar-refractivity contribution in [2.45, 2.75) is 32.1 Å². The van der Waals surface area contributed by atoms with Crippen LogP contribution < -0.4 is 9.47 Å². The van der Waals surface area contributed by atoms with Gasteiger partial charge in [-0.2, -0.15) is 5.06 Å². The number of aryl methyl sites for hydroxylation is 1. The number of ether oxygens (including phenoxy) is 2. The number of aliphatic hydroxyl groups is 1. The number of hydroxylamine groups is 2. The minimum atomic E-state index is -0.521. The summed E-state index contributed by atoms with van der Waals surface area (Å²) < 4.78 is 11.7. The molecule has 0 spiro atoms. The number of β-amino-alcohol motifs (C(OH)–C–C–N with tert-alkyl or cyclic N) is 1. The maximum atomic E-state index is 10.3. The van der Waals surface area contributed by atoms with Crippen molar-refractivity contribution < 1.29 is 29.3 Å². The molecule has 0 amide bonds. The van der Waals surface area contributed by atoms with Crippen molar-refractivity contribution in [3.05, 3.63) is 59.7 Å². The van der Waals surface area contributed by atoms with E-state index in [0.29, 0.717) is 6.54 Å². The molecule has 2 fully saturated rings. The van der Waals surface area contributed by atoms with Gasteiger partial charge in [0, 0.05) is 32.7 Å². The summed E-state index contributed by atoms with van der Waals surface area (Å²) in [7, 11) is 0. The second-order valence-corrected chi connectivity index (χ2v) is 8.04. The number of hydrogen-bond donors (Lipinski definition) is 2. The third-order valence-electron chi connectivity index (χ3n) is 5.24. The van der Waals surface area contributed by atoms with E-state index >= 15 is 0 Å². The summed E-state index contributed by atoms with van der Waals surface area (Å²) in [6.07, 6.45) is 0.763. The molecular weight excluding hydrogens is 412 g/mol. The van der Waals surface area contributed by atoms with Crippen LogP contribution in [-0.2, 0) is 16.2 Å². The van der Waals surface area contributed by atoms with Crippen molar-refractivity contribution in [2.75, 3.05) is 39.4 Å². The monoisotopic (exact) mass is 444 g/mol. The van der Waals surface area contributed by atoms with Gasteiger partial charge in [0.2, 0.25) is 0 Å². The second kappa shape index (κ2) is 12.4. The van der Waals surface area contributed by atoms with Crippen LogP contribution in [0.1, 0.15) is 17.5 Å². The third-order valence-corrected chi connectivity index (χ3v) is 5.24. The third kappa shape index (κ3) is 7.80. The summed E-state index contributed by atoms with van der Waals surface area (Å²) in [4.78, 5) is 16.1. The first-order valence-electron chi connectivity index (χ1n) is 10.9. The molecular formula is C24H32N2O6. The second-order valence-electron chi connectivity index (χ2n) is 8.04. The number of likely N-dealkylation sites (tertiary alicyclic amines) is 1. The molecule has 2 heterocycles. The van der Waals surface area contributed by atoms with Gasteiger partial charge in [-0.25, -0.2) is 0 Å². The molecule has 32 heavy (non-hydrogen) atoms. The molecule has 2 aromatic rings. The SMILES string of the molecule is Cc1cccc(OC2CN(CC(O)COc3ccc(CN4CCCO4)cc3)C2)c1.O=CO. The minimum absolute atomic E-state index is 0.192. The van der Waals surface area contributed by atoms with Crippen molar-refractivity contribution in [3.8, 4) is 11.5 Å². The largest absolute Gasteiger partial charge is 0.491 e. The van der Waals surface area contributed by atoms with Crippen LogP contribution in [0.2, 0.25) is 0 Å². The Balaban J connectivity index is 0.000000913. The average Bonchev–Trinajstić information content (AvgIpc) is 3.25. The zero-order chi connectivity index (χ0) is 22.8. The quantitative estimate of drug-likeness (QED) is 0.570. The molecule has 4 rings (SSSR count). The molecule has 2 saturated heterocycles. The Morgan fingerprint density at radius 1 is 1.19 bits per heavy atom. The summed E-state index contributed by atoms with van der Waals surface area (Å²) in [6.45, 7) is 6.95. The zero-order valence-electron chi connectivity index (χ0n) is 18.4. The van der Waals surface area contributed by atoms with Gasteiger partial charge in [0.05, 0.1) is 6.61 Å². The molecule has 8 nitrogen and oxygen atoms in total. The van der Waals surface area contributed by atoms with Crippen LogP contribution in [0.3, 0.4) is 0 Å². The first-order valence-corrected chi connectivity index (χ1v) is 10.9. The number of rotatable bonds is 9. The molecule has 1 atom stereocenters. The summed E-state index contributed by atoms with van der Waals surface area (Å²) >= 11 is 0. The first kappa shape index (κ1) is 24.0. The highest BCUT2D eigenvalue weighted by atomic mass is 16.7. The van der Waals surface area contributed by atoms with Gasteiger partial charge in [0.15, 0.2) is 0 Å². The van der Waals surface area contributed by atoms with Crippen molar-refractivity contribution in [1.29, 1.82) is 0 Å². The Bertz CT molecular complexity index is 819. The highest BCUT2D eigenvalue weighted by Crippen LogP contribution is 2.20. The van der Waals surface area contributed by atoms with E-state index in [1.54, 1.807) is 0 Å². The van der Waals surface area contributed by atoms with Gasteiger partial charge in [-0.15, -0.1) is 0 Å². The van der Waals surface area contributed by atoms with Gasteiger partial charge < -0.3 is 19.7 Å². The maximum Gasteiger partial charge on any atom is 0.290 e. The lowest BCUT2D eigenvalue weighted by Gasteiger charge is -2.39. The minimum Gasteiger partial charge on any atom is -0.491 e. The molecule has 2 aromatic carbocycles. The highest BCUT2D eigenvalue weighted by molar-refractivity contribution is 5.32. The van der Waals surface area contributed by atoms with E-state index in [9.17, 15) is 5.11 Å². The fraction of sp³-hybridized carbons (Fsp3) is 0.458. The van der Waals surface area contributed by atoms with E-state index < -0.39 is 6.10 Å². The van der Waals surface area contributed by atoms with Gasteiger partial charge in [-0.05, 0) is 48.7 Å². The van der Waals surface area contributed by atoms with Crippen LogP contribution in [-0.4, -0.2) is 78.2 Å². The topological polar surface area (TPSA) is 91.7 Å². The van der Waals surface area contributed by atoms with Crippen molar-refractivity contribution in [1.82, 2.24) is 9.96 Å². The fourth-order valence-electron chi connectivity index (χ4n) is 3.69. The van der Waals surface area contributed by atoms with Crippen LogP contribution in [0.5, 0.6) is 11.5 Å². The number of benzene rings is 2. The number of nitrogens with zero attached hydrogens (tertiary/aromatic N) is 2. The van der Waals surface area contributed by atoms with E-state index in [2.05, 4.69) is 24.0 Å². The van der Waals surface area contributed by atoms with Crippen molar-refractivity contribution in [3.63, 3.8) is 0 Å². The number of carbonyl (C=O) groups is 1. The molecule has 0 radical (unpaired) electrons. The van der Waals surface area contributed by atoms with E-state index in [-0.39, 0.29) is 19.2 Å². The predicted molar refractivity (Wildman–Crippen MR) is 120 cm³/mol. The number of hydrogen-bond acceptors (Lipinski definition) is 7. The summed E-state index contributed by atoms with van der Waals surface area (Å²) in [5.74, 6) is 1.69. The molecule has 2 aliphatic rings. The van der Waals surface area contributed by atoms with Gasteiger partial charge in [-0.1, -0.05) is 24.3 Å². The Morgan fingerprint density at radius 2 is 1.94 bits per heavy atom. The molecule has 2 N–H and O–H groups in total. The normalized spacial score (nSPS) is 17.7. The molecule has 0 saturated carbocycles. The highest BCUT2D eigenvalue weighted by Gasteiger charge is 2.29. The van der Waals surface area contributed by atoms with E-state index in [1.807, 2.05) is 41.5 Å². The van der Waals surface area contributed by atoms with Crippen LogP contribution in [0.15, 0.2) is 48.5 Å². The molecule has 0 bridgehead atoms. The van der Waals surface area contributed by atoms with E-state index in [0.717, 1.165) is 50.7 Å². The summed E-state index contributed by atoms with van der Waals surface area (Å²) in [5.41, 5.74) is 2.39. The Hall–Kier alpha value is -2.65. The lowest BCUT2D eigenvalue weighted by Crippen LogP contribution is -2.56. The van der Waals surface area contributed by atoms with Gasteiger partial charge in [0.25, 0.3) is 6.47 Å². The molecule has 8 heteroatoms. The average molecular weight is 445 g/mol. The van der Waals surface area contributed by atoms with E-state index in [4.69, 9.17) is 24.2 Å². The van der Waals surface area contributed by atoms with E-state index in [1.165, 1.54) is 11.1 Å². The van der Waals surface area contributed by atoms with Crippen molar-refractivity contribution in [2.24, 2.45) is 0 Å². The van der Waals surface area contributed by atoms with Crippen LogP contribution in [0, 0.1) is 6.92 Å². The summed E-state index contributed by atoms with van der Waals surface area (Å²) in [6, 6.07) is 16.1. The molecule has 0 aromatic heterocycles. The van der Waals surface area contributed by atoms with Crippen molar-refractivity contribution >= 4 is 6.47 Å². The van der Waals surface area contributed by atoms with Crippen LogP contribution >= 0.6 is 0 Å². The molecule has 174 valence electrons. The first-order chi connectivity index (χ1) is 15.6. The molecule has 1 unspecified atom stereocenters. The van der Waals surface area contributed by atoms with Gasteiger partial charge >= 0.3 is 0 Å². The maximum absolute atomic E-state index is 10.3. The standard InChI is InChI=1S/C23H30N2O4.CH2O2/c1-18-4-2-5-22(12-18)29-23-15-24(16-23)14-20(26)17-27-21-8-6-19(7-9-21)13-25-10-3-11-28-25;2-1-3/h2,4-9,12,20,23,26H,3,10-11,13-17H2,1H3;1H,(H,2,3). The molecule has 2 aliphatic heterocycles. The van der Waals surface area contributed by atoms with Gasteiger partial charge in [0.1, 0.15) is 30.3 Å². The van der Waals surface area contributed by atoms with Crippen LogP contribution in [0.25, 0.3) is 0 Å². The summed E-state index contributed by atoms with van der Waals surface area (Å²) in [5, 5.41) is 19.1. The predicted octanol–water partition coefficient (Wildman–Crippen LogP) is 2.34. The zero-order valence-corrected chi connectivity index (χ0v) is 18.4. The smallest absolute Gasteiger partial charge is 0.290 e. The Labute approximate surface area is 188 Å². The Morgan fingerprint density at radius 3 is 2.59 bits per heavy atom. The Kier molecular flexibility index (Phi) is 9.30.